The number of aryl methyl sites for hydroxylation is 2. The number of benzene rings is 1. The monoisotopic (exact) mass is 359 g/mol. The van der Waals surface area contributed by atoms with E-state index < -0.39 is 16.6 Å². The highest BCUT2D eigenvalue weighted by atomic mass is 79.9. The summed E-state index contributed by atoms with van der Waals surface area (Å²) < 4.78 is 28.1. The molecule has 0 bridgehead atoms. The number of rotatable bonds is 4. The van der Waals surface area contributed by atoms with Gasteiger partial charge in [0.05, 0.1) is 12.3 Å². The molecule has 0 aliphatic carbocycles. The number of aromatic nitrogens is 2. The molecule has 0 fully saturated rings. The Bertz CT molecular complexity index is 740. The lowest BCUT2D eigenvalue weighted by Gasteiger charge is -2.10. The van der Waals surface area contributed by atoms with E-state index in [9.17, 15) is 8.42 Å². The van der Waals surface area contributed by atoms with Crippen LogP contribution in [0.15, 0.2) is 27.6 Å². The Kier molecular flexibility index (Phi) is 4.17. The van der Waals surface area contributed by atoms with Crippen LogP contribution in [-0.4, -0.2) is 23.7 Å². The minimum Gasteiger partial charge on any atom is -0.390 e. The van der Waals surface area contributed by atoms with E-state index in [1.165, 1.54) is 0 Å². The first-order valence-electron chi connectivity index (χ1n) is 5.79. The Hall–Kier alpha value is -1.38. The van der Waals surface area contributed by atoms with Gasteiger partial charge < -0.3 is 5.11 Å². The third kappa shape index (κ3) is 2.87. The summed E-state index contributed by atoms with van der Waals surface area (Å²) in [5.41, 5.74) is 1.85. The number of H-pyrrole nitrogens is 1. The second kappa shape index (κ2) is 5.55. The zero-order valence-electron chi connectivity index (χ0n) is 10.9. The lowest BCUT2D eigenvalue weighted by atomic mass is 10.2. The van der Waals surface area contributed by atoms with Gasteiger partial charge in [-0.25, -0.2) is 8.42 Å². The number of sulfonamides is 1. The summed E-state index contributed by atoms with van der Waals surface area (Å²) in [6.07, 6.45) is 0. The lowest BCUT2D eigenvalue weighted by molar-refractivity contribution is 0.273. The highest BCUT2D eigenvalue weighted by Crippen LogP contribution is 2.24. The molecule has 0 aliphatic rings. The Balaban J connectivity index is 2.40. The predicted molar refractivity (Wildman–Crippen MR) is 78.9 cm³/mol. The van der Waals surface area contributed by atoms with Crippen molar-refractivity contribution in [3.8, 4) is 0 Å². The van der Waals surface area contributed by atoms with Crippen LogP contribution in [-0.2, 0) is 16.6 Å². The fourth-order valence-electron chi connectivity index (χ4n) is 1.85. The van der Waals surface area contributed by atoms with Crippen molar-refractivity contribution >= 4 is 31.6 Å². The van der Waals surface area contributed by atoms with Gasteiger partial charge in [0.2, 0.25) is 0 Å². The van der Waals surface area contributed by atoms with E-state index in [0.29, 0.717) is 11.4 Å². The van der Waals surface area contributed by atoms with Crippen molar-refractivity contribution in [1.29, 1.82) is 0 Å². The van der Waals surface area contributed by atoms with E-state index in [1.807, 2.05) is 6.92 Å². The number of anilines is 1. The normalized spacial score (nSPS) is 11.6. The Labute approximate surface area is 125 Å². The molecule has 0 spiro atoms. The van der Waals surface area contributed by atoms with Crippen LogP contribution < -0.4 is 4.72 Å². The maximum atomic E-state index is 12.4. The molecule has 0 atom stereocenters. The summed E-state index contributed by atoms with van der Waals surface area (Å²) >= 11 is 3.36. The average molecular weight is 360 g/mol. The van der Waals surface area contributed by atoms with Crippen molar-refractivity contribution in [3.63, 3.8) is 0 Å². The first-order chi connectivity index (χ1) is 9.35. The van der Waals surface area contributed by atoms with Crippen LogP contribution in [0.25, 0.3) is 0 Å². The van der Waals surface area contributed by atoms with E-state index in [1.54, 1.807) is 25.1 Å². The number of hydrogen-bond acceptors (Lipinski definition) is 4. The number of aromatic amines is 1. The molecule has 108 valence electrons. The number of nitrogens with one attached hydrogen (secondary N) is 2. The Morgan fingerprint density at radius 3 is 2.70 bits per heavy atom. The minimum atomic E-state index is -3.79. The quantitative estimate of drug-likeness (QED) is 0.778. The summed E-state index contributed by atoms with van der Waals surface area (Å²) in [6, 6.07) is 5.14. The topological polar surface area (TPSA) is 95.1 Å². The molecule has 8 heteroatoms. The molecule has 20 heavy (non-hydrogen) atoms. The zero-order chi connectivity index (χ0) is 14.9. The predicted octanol–water partition coefficient (Wildman–Crippen LogP) is 2.08. The number of aliphatic hydroxyl groups is 1. The van der Waals surface area contributed by atoms with Gasteiger partial charge in [0.25, 0.3) is 10.0 Å². The lowest BCUT2D eigenvalue weighted by Crippen LogP contribution is -2.15. The van der Waals surface area contributed by atoms with Crippen LogP contribution in [0.3, 0.4) is 0 Å². The fraction of sp³-hybridized carbons (Fsp3) is 0.250. The van der Waals surface area contributed by atoms with E-state index in [2.05, 4.69) is 30.8 Å². The van der Waals surface area contributed by atoms with Gasteiger partial charge in [-0.2, -0.15) is 5.10 Å². The van der Waals surface area contributed by atoms with E-state index in [0.717, 1.165) is 10.0 Å². The molecular formula is C12H14BrN3O3S. The van der Waals surface area contributed by atoms with Gasteiger partial charge in [0.15, 0.2) is 0 Å². The SMILES string of the molecule is Cc1cc(NS(=O)(=O)c2c(CO)n[nH]c2C)ccc1Br. The van der Waals surface area contributed by atoms with Crippen molar-refractivity contribution in [2.75, 3.05) is 4.72 Å². The second-order valence-electron chi connectivity index (χ2n) is 4.35. The number of halogens is 1. The molecule has 2 aromatic rings. The number of nitrogens with zero attached hydrogens (tertiary/aromatic N) is 1. The van der Waals surface area contributed by atoms with Gasteiger partial charge in [-0.15, -0.1) is 0 Å². The van der Waals surface area contributed by atoms with Crippen LogP contribution in [0.2, 0.25) is 0 Å². The maximum Gasteiger partial charge on any atom is 0.265 e. The van der Waals surface area contributed by atoms with E-state index >= 15 is 0 Å². The van der Waals surface area contributed by atoms with Crippen molar-refractivity contribution < 1.29 is 13.5 Å². The standard InChI is InChI=1S/C12H14BrN3O3S/c1-7-5-9(3-4-10(7)13)16-20(18,19)12-8(2)14-15-11(12)6-17/h3-5,16-17H,6H2,1-2H3,(H,14,15). The molecule has 1 aromatic carbocycles. The van der Waals surface area contributed by atoms with Gasteiger partial charge >= 0.3 is 0 Å². The molecule has 0 saturated carbocycles. The van der Waals surface area contributed by atoms with Gasteiger partial charge in [-0.1, -0.05) is 15.9 Å². The van der Waals surface area contributed by atoms with Crippen LogP contribution in [0.5, 0.6) is 0 Å². The Morgan fingerprint density at radius 1 is 1.40 bits per heavy atom. The summed E-state index contributed by atoms with van der Waals surface area (Å²) in [5, 5.41) is 15.5. The van der Waals surface area contributed by atoms with E-state index in [-0.39, 0.29) is 10.6 Å². The first kappa shape index (κ1) is 15.0. The molecular weight excluding hydrogens is 346 g/mol. The zero-order valence-corrected chi connectivity index (χ0v) is 13.3. The molecule has 0 amide bonds. The largest absolute Gasteiger partial charge is 0.390 e. The fourth-order valence-corrected chi connectivity index (χ4v) is 3.50. The molecule has 0 radical (unpaired) electrons. The highest BCUT2D eigenvalue weighted by molar-refractivity contribution is 9.10. The van der Waals surface area contributed by atoms with Gasteiger partial charge in [-0.05, 0) is 37.6 Å². The second-order valence-corrected chi connectivity index (χ2v) is 6.83. The van der Waals surface area contributed by atoms with Crippen molar-refractivity contribution in [3.05, 3.63) is 39.6 Å². The number of hydrogen-bond donors (Lipinski definition) is 3. The molecule has 0 unspecified atom stereocenters. The molecule has 3 N–H and O–H groups in total. The third-order valence-electron chi connectivity index (χ3n) is 2.79. The molecule has 0 saturated heterocycles. The van der Waals surface area contributed by atoms with Crippen LogP contribution in [0.1, 0.15) is 17.0 Å². The van der Waals surface area contributed by atoms with Crippen molar-refractivity contribution in [1.82, 2.24) is 10.2 Å². The van der Waals surface area contributed by atoms with Crippen molar-refractivity contribution in [2.45, 2.75) is 25.3 Å². The van der Waals surface area contributed by atoms with Crippen LogP contribution in [0.4, 0.5) is 5.69 Å². The smallest absolute Gasteiger partial charge is 0.265 e. The minimum absolute atomic E-state index is 0.0134. The summed E-state index contributed by atoms with van der Waals surface area (Å²) in [6.45, 7) is 3.01. The average Bonchev–Trinajstić information content (AvgIpc) is 2.75. The van der Waals surface area contributed by atoms with Gasteiger partial charge in [0, 0.05) is 10.2 Å². The number of aliphatic hydroxyl groups excluding tert-OH is 1. The maximum absolute atomic E-state index is 12.4. The summed E-state index contributed by atoms with van der Waals surface area (Å²) in [4.78, 5) is -0.0134. The molecule has 2 rings (SSSR count). The van der Waals surface area contributed by atoms with Gasteiger partial charge in [0.1, 0.15) is 10.6 Å². The molecule has 0 aliphatic heterocycles. The molecule has 1 heterocycles. The highest BCUT2D eigenvalue weighted by Gasteiger charge is 2.24. The molecule has 6 nitrogen and oxygen atoms in total. The first-order valence-corrected chi connectivity index (χ1v) is 8.06. The Morgan fingerprint density at radius 2 is 2.10 bits per heavy atom. The van der Waals surface area contributed by atoms with Gasteiger partial charge in [-0.3, -0.25) is 9.82 Å². The van der Waals surface area contributed by atoms with Crippen molar-refractivity contribution in [2.24, 2.45) is 0 Å². The van der Waals surface area contributed by atoms with Crippen LogP contribution >= 0.6 is 15.9 Å². The summed E-state index contributed by atoms with van der Waals surface area (Å²) in [7, 11) is -3.79. The van der Waals surface area contributed by atoms with Crippen LogP contribution in [0, 0.1) is 13.8 Å². The third-order valence-corrected chi connectivity index (χ3v) is 5.26. The molecule has 1 aromatic heterocycles. The summed E-state index contributed by atoms with van der Waals surface area (Å²) in [5.74, 6) is 0. The van der Waals surface area contributed by atoms with E-state index in [4.69, 9.17) is 5.11 Å².